The Morgan fingerprint density at radius 2 is 2.15 bits per heavy atom. The summed E-state index contributed by atoms with van der Waals surface area (Å²) in [4.78, 5) is 23.5. The van der Waals surface area contributed by atoms with Gasteiger partial charge in [0, 0.05) is 18.5 Å². The summed E-state index contributed by atoms with van der Waals surface area (Å²) < 4.78 is 4.99. The molecule has 0 saturated carbocycles. The van der Waals surface area contributed by atoms with Gasteiger partial charge in [0.15, 0.2) is 5.75 Å². The lowest BCUT2D eigenvalue weighted by atomic mass is 9.98. The molecule has 1 heterocycles. The van der Waals surface area contributed by atoms with Gasteiger partial charge < -0.3 is 9.53 Å². The fourth-order valence-electron chi connectivity index (χ4n) is 2.48. The first-order valence-corrected chi connectivity index (χ1v) is 6.63. The first-order valence-electron chi connectivity index (χ1n) is 6.63. The standard InChI is InChI=1S/C14H18N2O4/c1-20-14-3-2-12(8-13(14)16(18)19)9-15-6-4-11(10-17)5-7-15/h2-3,8,10-11H,4-7,9H2,1H3. The summed E-state index contributed by atoms with van der Waals surface area (Å²) in [6.07, 6.45) is 2.75. The summed E-state index contributed by atoms with van der Waals surface area (Å²) >= 11 is 0. The van der Waals surface area contributed by atoms with E-state index in [1.807, 2.05) is 6.07 Å². The molecule has 1 aliphatic rings. The number of nitrogens with zero attached hydrogens (tertiary/aromatic N) is 2. The van der Waals surface area contributed by atoms with Gasteiger partial charge in [0.05, 0.1) is 12.0 Å². The Hall–Kier alpha value is -1.95. The molecule has 0 bridgehead atoms. The van der Waals surface area contributed by atoms with E-state index >= 15 is 0 Å². The van der Waals surface area contributed by atoms with Crippen LogP contribution in [0.2, 0.25) is 0 Å². The molecule has 0 amide bonds. The minimum atomic E-state index is -0.430. The maximum Gasteiger partial charge on any atom is 0.311 e. The van der Waals surface area contributed by atoms with Crippen LogP contribution in [0.25, 0.3) is 0 Å². The number of piperidine rings is 1. The van der Waals surface area contributed by atoms with Gasteiger partial charge in [-0.3, -0.25) is 15.0 Å². The van der Waals surface area contributed by atoms with Crippen LogP contribution in [-0.2, 0) is 11.3 Å². The molecule has 108 valence electrons. The zero-order valence-corrected chi connectivity index (χ0v) is 11.4. The van der Waals surface area contributed by atoms with E-state index in [4.69, 9.17) is 4.74 Å². The highest BCUT2D eigenvalue weighted by Gasteiger charge is 2.20. The molecule has 0 unspecified atom stereocenters. The highest BCUT2D eigenvalue weighted by atomic mass is 16.6. The van der Waals surface area contributed by atoms with E-state index in [1.165, 1.54) is 7.11 Å². The predicted molar refractivity (Wildman–Crippen MR) is 73.7 cm³/mol. The van der Waals surface area contributed by atoms with Crippen LogP contribution in [0, 0.1) is 16.0 Å². The molecule has 6 nitrogen and oxygen atoms in total. The van der Waals surface area contributed by atoms with Crippen LogP contribution >= 0.6 is 0 Å². The molecule has 0 N–H and O–H groups in total. The van der Waals surface area contributed by atoms with Crippen molar-refractivity contribution < 1.29 is 14.5 Å². The second kappa shape index (κ2) is 6.47. The maximum atomic E-state index is 11.0. The van der Waals surface area contributed by atoms with Crippen molar-refractivity contribution in [1.29, 1.82) is 0 Å². The molecule has 1 aromatic carbocycles. The molecule has 20 heavy (non-hydrogen) atoms. The molecule has 0 aliphatic carbocycles. The monoisotopic (exact) mass is 278 g/mol. The summed E-state index contributed by atoms with van der Waals surface area (Å²) in [6, 6.07) is 5.04. The van der Waals surface area contributed by atoms with Gasteiger partial charge in [0.1, 0.15) is 6.29 Å². The lowest BCUT2D eigenvalue weighted by Gasteiger charge is -2.29. The third-order valence-electron chi connectivity index (χ3n) is 3.67. The Morgan fingerprint density at radius 1 is 1.45 bits per heavy atom. The summed E-state index contributed by atoms with van der Waals surface area (Å²) in [6.45, 7) is 2.36. The van der Waals surface area contributed by atoms with Crippen molar-refractivity contribution in [2.75, 3.05) is 20.2 Å². The maximum absolute atomic E-state index is 11.0. The smallest absolute Gasteiger partial charge is 0.311 e. The summed E-state index contributed by atoms with van der Waals surface area (Å²) in [7, 11) is 1.42. The highest BCUT2D eigenvalue weighted by molar-refractivity contribution is 5.53. The molecular weight excluding hydrogens is 260 g/mol. The SMILES string of the molecule is COc1ccc(CN2CCC(C=O)CC2)cc1[N+](=O)[O-]. The van der Waals surface area contributed by atoms with E-state index in [0.29, 0.717) is 6.54 Å². The molecule has 0 radical (unpaired) electrons. The van der Waals surface area contributed by atoms with Crippen molar-refractivity contribution in [2.24, 2.45) is 5.92 Å². The molecule has 0 spiro atoms. The zero-order chi connectivity index (χ0) is 14.5. The number of hydrogen-bond donors (Lipinski definition) is 0. The molecule has 0 atom stereocenters. The van der Waals surface area contributed by atoms with E-state index in [-0.39, 0.29) is 17.4 Å². The van der Waals surface area contributed by atoms with Crippen molar-refractivity contribution in [3.63, 3.8) is 0 Å². The Balaban J connectivity index is 2.05. The number of carbonyl (C=O) groups is 1. The lowest BCUT2D eigenvalue weighted by molar-refractivity contribution is -0.385. The van der Waals surface area contributed by atoms with Gasteiger partial charge in [0.2, 0.25) is 0 Å². The van der Waals surface area contributed by atoms with E-state index < -0.39 is 4.92 Å². The van der Waals surface area contributed by atoms with Crippen LogP contribution in [0.5, 0.6) is 5.75 Å². The number of benzene rings is 1. The number of methoxy groups -OCH3 is 1. The van der Waals surface area contributed by atoms with Gasteiger partial charge in [-0.15, -0.1) is 0 Å². The second-order valence-electron chi connectivity index (χ2n) is 5.01. The fraction of sp³-hybridized carbons (Fsp3) is 0.500. The van der Waals surface area contributed by atoms with E-state index in [2.05, 4.69) is 4.90 Å². The predicted octanol–water partition coefficient (Wildman–Crippen LogP) is 2.01. The molecular formula is C14H18N2O4. The topological polar surface area (TPSA) is 72.7 Å². The number of likely N-dealkylation sites (tertiary alicyclic amines) is 1. The Morgan fingerprint density at radius 3 is 2.70 bits per heavy atom. The number of rotatable bonds is 5. The van der Waals surface area contributed by atoms with Gasteiger partial charge in [-0.1, -0.05) is 6.07 Å². The molecule has 1 aromatic rings. The molecule has 2 rings (SSSR count). The van der Waals surface area contributed by atoms with Gasteiger partial charge in [0.25, 0.3) is 0 Å². The van der Waals surface area contributed by atoms with Crippen LogP contribution in [-0.4, -0.2) is 36.3 Å². The number of ether oxygens (including phenoxy) is 1. The molecule has 1 aliphatic heterocycles. The lowest BCUT2D eigenvalue weighted by Crippen LogP contribution is -2.33. The number of nitro groups is 1. The van der Waals surface area contributed by atoms with E-state index in [9.17, 15) is 14.9 Å². The van der Waals surface area contributed by atoms with E-state index in [1.54, 1.807) is 12.1 Å². The third-order valence-corrected chi connectivity index (χ3v) is 3.67. The van der Waals surface area contributed by atoms with Crippen LogP contribution in [0.1, 0.15) is 18.4 Å². The molecule has 6 heteroatoms. The number of aldehydes is 1. The summed E-state index contributed by atoms with van der Waals surface area (Å²) in [5, 5.41) is 11.0. The van der Waals surface area contributed by atoms with Crippen LogP contribution in [0.4, 0.5) is 5.69 Å². The first kappa shape index (κ1) is 14.5. The Kier molecular flexibility index (Phi) is 4.68. The minimum absolute atomic E-state index is 0.00669. The number of carbonyl (C=O) groups excluding carboxylic acids is 1. The Labute approximate surface area is 117 Å². The fourth-order valence-corrected chi connectivity index (χ4v) is 2.48. The van der Waals surface area contributed by atoms with Crippen molar-refractivity contribution in [3.05, 3.63) is 33.9 Å². The van der Waals surface area contributed by atoms with Crippen molar-refractivity contribution >= 4 is 12.0 Å². The largest absolute Gasteiger partial charge is 0.490 e. The highest BCUT2D eigenvalue weighted by Crippen LogP contribution is 2.28. The van der Waals surface area contributed by atoms with Crippen LogP contribution in [0.3, 0.4) is 0 Å². The molecule has 1 saturated heterocycles. The van der Waals surface area contributed by atoms with Gasteiger partial charge in [-0.25, -0.2) is 0 Å². The van der Waals surface area contributed by atoms with Crippen LogP contribution in [0.15, 0.2) is 18.2 Å². The number of nitro benzene ring substituents is 1. The zero-order valence-electron chi connectivity index (χ0n) is 11.4. The van der Waals surface area contributed by atoms with Crippen LogP contribution < -0.4 is 4.74 Å². The van der Waals surface area contributed by atoms with Gasteiger partial charge in [-0.2, -0.15) is 0 Å². The average molecular weight is 278 g/mol. The molecule has 0 aromatic heterocycles. The van der Waals surface area contributed by atoms with Crippen molar-refractivity contribution in [1.82, 2.24) is 4.90 Å². The van der Waals surface area contributed by atoms with Gasteiger partial charge in [-0.05, 0) is 37.6 Å². The first-order chi connectivity index (χ1) is 9.63. The van der Waals surface area contributed by atoms with E-state index in [0.717, 1.165) is 37.8 Å². The van der Waals surface area contributed by atoms with Crippen molar-refractivity contribution in [2.45, 2.75) is 19.4 Å². The molecule has 1 fully saturated rings. The number of hydrogen-bond acceptors (Lipinski definition) is 5. The summed E-state index contributed by atoms with van der Waals surface area (Å²) in [5.74, 6) is 0.440. The normalized spacial score (nSPS) is 16.9. The minimum Gasteiger partial charge on any atom is -0.490 e. The second-order valence-corrected chi connectivity index (χ2v) is 5.01. The van der Waals surface area contributed by atoms with Crippen molar-refractivity contribution in [3.8, 4) is 5.75 Å². The quantitative estimate of drug-likeness (QED) is 0.468. The third kappa shape index (κ3) is 3.33. The average Bonchev–Trinajstić information content (AvgIpc) is 2.48. The van der Waals surface area contributed by atoms with Gasteiger partial charge >= 0.3 is 5.69 Å². The summed E-state index contributed by atoms with van der Waals surface area (Å²) in [5.41, 5.74) is 0.884. The Bertz CT molecular complexity index is 496.